The van der Waals surface area contributed by atoms with Gasteiger partial charge in [0.05, 0.1) is 35.3 Å². The lowest BCUT2D eigenvalue weighted by molar-refractivity contribution is -0.113. The van der Waals surface area contributed by atoms with E-state index in [1.54, 1.807) is 30.3 Å². The number of rotatable bonds is 6. The first-order valence-electron chi connectivity index (χ1n) is 9.24. The molecule has 1 N–H and O–H groups in total. The third-order valence-corrected chi connectivity index (χ3v) is 6.23. The second kappa shape index (κ2) is 9.15. The number of nitrogens with zero attached hydrogens (tertiary/aromatic N) is 2. The summed E-state index contributed by atoms with van der Waals surface area (Å²) in [6.07, 6.45) is 0. The topological polar surface area (TPSA) is 90.3 Å². The summed E-state index contributed by atoms with van der Waals surface area (Å²) in [7, 11) is 1.28. The van der Waals surface area contributed by atoms with Crippen LogP contribution >= 0.6 is 23.1 Å². The molecule has 0 unspecified atom stereocenters. The minimum absolute atomic E-state index is 0.00439. The lowest BCUT2D eigenvalue weighted by atomic mass is 10.2. The molecular formula is C22H17N3O4S2. The summed E-state index contributed by atoms with van der Waals surface area (Å²) in [5, 5.41) is 4.96. The molecule has 0 aliphatic rings. The molecule has 0 bridgehead atoms. The number of hydrogen-bond donors (Lipinski definition) is 1. The zero-order valence-electron chi connectivity index (χ0n) is 16.4. The van der Waals surface area contributed by atoms with Gasteiger partial charge in [-0.1, -0.05) is 42.1 Å². The fraction of sp³-hybridized carbons (Fsp3) is 0.0909. The lowest BCUT2D eigenvalue weighted by Crippen LogP contribution is -2.22. The SMILES string of the molecule is COC(=O)c1ccccc1NC(=O)CSc1nc2ccsc2c(=O)n1-c1ccccc1. The molecule has 9 heteroatoms. The molecule has 4 aromatic rings. The third kappa shape index (κ3) is 4.37. The molecule has 0 atom stereocenters. The Kier molecular flexibility index (Phi) is 6.15. The van der Waals surface area contributed by atoms with Crippen molar-refractivity contribution in [2.75, 3.05) is 18.2 Å². The van der Waals surface area contributed by atoms with Gasteiger partial charge in [0.15, 0.2) is 5.16 Å². The minimum atomic E-state index is -0.536. The molecule has 0 saturated carbocycles. The van der Waals surface area contributed by atoms with Crippen molar-refractivity contribution in [2.45, 2.75) is 5.16 Å². The van der Waals surface area contributed by atoms with Crippen LogP contribution in [0.4, 0.5) is 5.69 Å². The number of anilines is 1. The van der Waals surface area contributed by atoms with E-state index in [0.29, 0.717) is 26.7 Å². The highest BCUT2D eigenvalue weighted by Gasteiger charge is 2.17. The summed E-state index contributed by atoms with van der Waals surface area (Å²) >= 11 is 2.49. The maximum absolute atomic E-state index is 13.1. The standard InChI is InChI=1S/C22H17N3O4S2/c1-29-21(28)15-9-5-6-10-16(15)23-18(26)13-31-22-24-17-11-12-30-19(17)20(27)25(22)14-7-3-2-4-8-14/h2-12H,13H2,1H3,(H,23,26). The van der Waals surface area contributed by atoms with Crippen molar-refractivity contribution in [3.05, 3.63) is 82.0 Å². The minimum Gasteiger partial charge on any atom is -0.465 e. The number of fused-ring (bicyclic) bond motifs is 1. The van der Waals surface area contributed by atoms with Crippen LogP contribution in [0.15, 0.2) is 76.0 Å². The van der Waals surface area contributed by atoms with Crippen LogP contribution in [-0.4, -0.2) is 34.3 Å². The Morgan fingerprint density at radius 2 is 1.84 bits per heavy atom. The first-order chi connectivity index (χ1) is 15.1. The maximum atomic E-state index is 13.1. The third-order valence-electron chi connectivity index (χ3n) is 4.40. The van der Waals surface area contributed by atoms with Gasteiger partial charge < -0.3 is 10.1 Å². The van der Waals surface area contributed by atoms with E-state index >= 15 is 0 Å². The molecule has 0 saturated heterocycles. The van der Waals surface area contributed by atoms with Crippen LogP contribution in [0, 0.1) is 0 Å². The predicted octanol–water partition coefficient (Wildman–Crippen LogP) is 3.96. The number of hydrogen-bond acceptors (Lipinski definition) is 7. The molecule has 2 heterocycles. The zero-order valence-corrected chi connectivity index (χ0v) is 18.0. The van der Waals surface area contributed by atoms with Gasteiger partial charge in [-0.05, 0) is 35.7 Å². The number of carbonyl (C=O) groups excluding carboxylic acids is 2. The number of amides is 1. The smallest absolute Gasteiger partial charge is 0.339 e. The van der Waals surface area contributed by atoms with Crippen molar-refractivity contribution in [1.29, 1.82) is 0 Å². The molecule has 2 aromatic heterocycles. The highest BCUT2D eigenvalue weighted by atomic mass is 32.2. The Hall–Kier alpha value is -3.43. The van der Waals surface area contributed by atoms with Crippen molar-refractivity contribution in [2.24, 2.45) is 0 Å². The molecule has 0 radical (unpaired) electrons. The number of aromatic nitrogens is 2. The number of benzene rings is 2. The van der Waals surface area contributed by atoms with E-state index in [-0.39, 0.29) is 22.8 Å². The Morgan fingerprint density at radius 1 is 1.10 bits per heavy atom. The highest BCUT2D eigenvalue weighted by Crippen LogP contribution is 2.24. The molecule has 2 aromatic carbocycles. The van der Waals surface area contributed by atoms with Crippen LogP contribution in [0.3, 0.4) is 0 Å². The van der Waals surface area contributed by atoms with Gasteiger partial charge in [0.25, 0.3) is 5.56 Å². The molecule has 1 amide bonds. The Bertz CT molecular complexity index is 1320. The van der Waals surface area contributed by atoms with Crippen LogP contribution in [0.2, 0.25) is 0 Å². The average molecular weight is 452 g/mol. The van der Waals surface area contributed by atoms with Crippen LogP contribution in [-0.2, 0) is 9.53 Å². The fourth-order valence-electron chi connectivity index (χ4n) is 2.99. The monoisotopic (exact) mass is 451 g/mol. The summed E-state index contributed by atoms with van der Waals surface area (Å²) in [5.41, 5.74) is 1.73. The number of ether oxygens (including phenoxy) is 1. The molecule has 0 fully saturated rings. The summed E-state index contributed by atoms with van der Waals surface area (Å²) in [5.74, 6) is -0.864. The van der Waals surface area contributed by atoms with Crippen molar-refractivity contribution in [3.63, 3.8) is 0 Å². The summed E-state index contributed by atoms with van der Waals surface area (Å²) in [6, 6.07) is 17.6. The van der Waals surface area contributed by atoms with E-state index in [4.69, 9.17) is 4.74 Å². The summed E-state index contributed by atoms with van der Waals surface area (Å²) < 4.78 is 6.83. The first kappa shape index (κ1) is 20.8. The Balaban J connectivity index is 1.61. The second-order valence-electron chi connectivity index (χ2n) is 6.38. The number of thioether (sulfide) groups is 1. The van der Waals surface area contributed by atoms with Gasteiger partial charge in [0, 0.05) is 0 Å². The number of esters is 1. The van der Waals surface area contributed by atoms with E-state index in [0.717, 1.165) is 11.8 Å². The summed E-state index contributed by atoms with van der Waals surface area (Å²) in [6.45, 7) is 0. The van der Waals surface area contributed by atoms with Gasteiger partial charge in [-0.25, -0.2) is 9.78 Å². The van der Waals surface area contributed by atoms with E-state index in [9.17, 15) is 14.4 Å². The molecule has 31 heavy (non-hydrogen) atoms. The van der Waals surface area contributed by atoms with Gasteiger partial charge in [-0.15, -0.1) is 11.3 Å². The van der Waals surface area contributed by atoms with Crippen LogP contribution in [0.25, 0.3) is 15.9 Å². The summed E-state index contributed by atoms with van der Waals surface area (Å²) in [4.78, 5) is 42.2. The Morgan fingerprint density at radius 3 is 2.61 bits per heavy atom. The molecule has 0 aliphatic carbocycles. The Labute approximate surface area is 185 Å². The van der Waals surface area contributed by atoms with E-state index in [1.807, 2.05) is 35.7 Å². The van der Waals surface area contributed by atoms with Crippen molar-refractivity contribution in [1.82, 2.24) is 9.55 Å². The molecule has 4 rings (SSSR count). The number of para-hydroxylation sites is 2. The van der Waals surface area contributed by atoms with Crippen LogP contribution in [0.1, 0.15) is 10.4 Å². The average Bonchev–Trinajstić information content (AvgIpc) is 3.27. The molecule has 0 aliphatic heterocycles. The van der Waals surface area contributed by atoms with Gasteiger partial charge in [0.1, 0.15) is 4.70 Å². The quantitative estimate of drug-likeness (QED) is 0.271. The van der Waals surface area contributed by atoms with Gasteiger partial charge in [0.2, 0.25) is 5.91 Å². The predicted molar refractivity (Wildman–Crippen MR) is 122 cm³/mol. The van der Waals surface area contributed by atoms with Crippen molar-refractivity contribution in [3.8, 4) is 5.69 Å². The normalized spacial score (nSPS) is 10.7. The van der Waals surface area contributed by atoms with Gasteiger partial charge in [-0.2, -0.15) is 0 Å². The molecule has 7 nitrogen and oxygen atoms in total. The van der Waals surface area contributed by atoms with Crippen LogP contribution in [0.5, 0.6) is 0 Å². The second-order valence-corrected chi connectivity index (χ2v) is 8.24. The number of carbonyl (C=O) groups is 2. The van der Waals surface area contributed by atoms with E-state index < -0.39 is 5.97 Å². The number of thiophene rings is 1. The molecule has 156 valence electrons. The molecule has 0 spiro atoms. The van der Waals surface area contributed by atoms with Gasteiger partial charge in [-0.3, -0.25) is 14.2 Å². The van der Waals surface area contributed by atoms with Crippen molar-refractivity contribution >= 4 is 50.9 Å². The molecular weight excluding hydrogens is 434 g/mol. The number of nitrogens with one attached hydrogen (secondary N) is 1. The first-order valence-corrected chi connectivity index (χ1v) is 11.1. The van der Waals surface area contributed by atoms with E-state index in [2.05, 4.69) is 10.3 Å². The maximum Gasteiger partial charge on any atom is 0.339 e. The number of methoxy groups -OCH3 is 1. The lowest BCUT2D eigenvalue weighted by Gasteiger charge is -2.12. The largest absolute Gasteiger partial charge is 0.465 e. The van der Waals surface area contributed by atoms with Crippen molar-refractivity contribution < 1.29 is 14.3 Å². The fourth-order valence-corrected chi connectivity index (χ4v) is 4.56. The van der Waals surface area contributed by atoms with Gasteiger partial charge >= 0.3 is 5.97 Å². The van der Waals surface area contributed by atoms with Crippen LogP contribution < -0.4 is 10.9 Å². The highest BCUT2D eigenvalue weighted by molar-refractivity contribution is 7.99. The van der Waals surface area contributed by atoms with E-state index in [1.165, 1.54) is 23.0 Å². The zero-order chi connectivity index (χ0) is 21.8.